The van der Waals surface area contributed by atoms with Crippen LogP contribution in [-0.4, -0.2) is 13.1 Å². The van der Waals surface area contributed by atoms with Crippen molar-refractivity contribution >= 4 is 27.6 Å². The van der Waals surface area contributed by atoms with Crippen molar-refractivity contribution in [1.82, 2.24) is 0 Å². The van der Waals surface area contributed by atoms with Crippen LogP contribution in [0.15, 0.2) is 46.9 Å². The van der Waals surface area contributed by atoms with Crippen molar-refractivity contribution in [3.05, 3.63) is 63.6 Å². The number of hydrogen-bond acceptors (Lipinski definition) is 3. The van der Waals surface area contributed by atoms with Gasteiger partial charge in [0.15, 0.2) is 0 Å². The maximum Gasteiger partial charge on any atom is 0.337 e. The van der Waals surface area contributed by atoms with E-state index in [2.05, 4.69) is 32.9 Å². The van der Waals surface area contributed by atoms with Crippen LogP contribution in [0.3, 0.4) is 0 Å². The van der Waals surface area contributed by atoms with Crippen LogP contribution in [0, 0.1) is 6.92 Å². The topological polar surface area (TPSA) is 38.3 Å². The zero-order chi connectivity index (χ0) is 14.5. The number of carbonyl (C=O) groups excluding carboxylic acids is 1. The number of hydrogen-bond donors (Lipinski definition) is 1. The van der Waals surface area contributed by atoms with Crippen LogP contribution in [0.1, 0.15) is 21.5 Å². The number of anilines is 1. The van der Waals surface area contributed by atoms with E-state index in [0.29, 0.717) is 12.1 Å². The zero-order valence-corrected chi connectivity index (χ0v) is 13.0. The van der Waals surface area contributed by atoms with Gasteiger partial charge in [-0.25, -0.2) is 4.79 Å². The molecule has 0 aromatic heterocycles. The number of esters is 1. The molecule has 0 unspecified atom stereocenters. The number of nitrogens with one attached hydrogen (secondary N) is 1. The van der Waals surface area contributed by atoms with Crippen LogP contribution in [0.2, 0.25) is 0 Å². The number of ether oxygens (including phenoxy) is 1. The highest BCUT2D eigenvalue weighted by atomic mass is 79.9. The molecule has 4 heteroatoms. The first-order chi connectivity index (χ1) is 9.61. The number of halogens is 1. The third-order valence-electron chi connectivity index (χ3n) is 3.13. The first-order valence-electron chi connectivity index (χ1n) is 6.28. The number of rotatable bonds is 4. The lowest BCUT2D eigenvalue weighted by Gasteiger charge is -2.11. The molecule has 0 aliphatic rings. The second kappa shape index (κ2) is 6.57. The first-order valence-corrected chi connectivity index (χ1v) is 7.07. The fraction of sp³-hybridized carbons (Fsp3) is 0.188. The van der Waals surface area contributed by atoms with Crippen LogP contribution < -0.4 is 5.32 Å². The van der Waals surface area contributed by atoms with Gasteiger partial charge in [-0.05, 0) is 42.3 Å². The molecule has 0 heterocycles. The molecule has 0 aliphatic heterocycles. The highest BCUT2D eigenvalue weighted by Crippen LogP contribution is 2.23. The summed E-state index contributed by atoms with van der Waals surface area (Å²) in [6, 6.07) is 13.5. The van der Waals surface area contributed by atoms with E-state index in [0.717, 1.165) is 15.7 Å². The molecule has 2 aromatic rings. The summed E-state index contributed by atoms with van der Waals surface area (Å²) in [6.07, 6.45) is 0. The van der Waals surface area contributed by atoms with Crippen molar-refractivity contribution in [3.8, 4) is 0 Å². The van der Waals surface area contributed by atoms with Crippen molar-refractivity contribution in [1.29, 1.82) is 0 Å². The summed E-state index contributed by atoms with van der Waals surface area (Å²) in [5.74, 6) is -0.313. The van der Waals surface area contributed by atoms with Crippen LogP contribution in [0.25, 0.3) is 0 Å². The Hall–Kier alpha value is -1.81. The predicted octanol–water partition coefficient (Wildman–Crippen LogP) is 4.16. The molecule has 0 fully saturated rings. The minimum atomic E-state index is -0.313. The third-order valence-corrected chi connectivity index (χ3v) is 3.98. The maximum atomic E-state index is 11.3. The minimum absolute atomic E-state index is 0.313. The summed E-state index contributed by atoms with van der Waals surface area (Å²) < 4.78 is 5.76. The molecule has 0 saturated carbocycles. The summed E-state index contributed by atoms with van der Waals surface area (Å²) in [5, 5.41) is 3.39. The second-order valence-electron chi connectivity index (χ2n) is 4.45. The Balaban J connectivity index is 2.04. The summed E-state index contributed by atoms with van der Waals surface area (Å²) in [4.78, 5) is 11.3. The Morgan fingerprint density at radius 1 is 1.20 bits per heavy atom. The van der Waals surface area contributed by atoms with E-state index in [1.54, 1.807) is 12.1 Å². The van der Waals surface area contributed by atoms with Crippen molar-refractivity contribution in [2.75, 3.05) is 12.4 Å². The van der Waals surface area contributed by atoms with Gasteiger partial charge in [-0.15, -0.1) is 0 Å². The first kappa shape index (κ1) is 14.6. The predicted molar refractivity (Wildman–Crippen MR) is 84.0 cm³/mol. The largest absolute Gasteiger partial charge is 0.465 e. The van der Waals surface area contributed by atoms with Gasteiger partial charge in [-0.3, -0.25) is 0 Å². The Labute approximate surface area is 127 Å². The molecule has 0 radical (unpaired) electrons. The average molecular weight is 334 g/mol. The normalized spacial score (nSPS) is 10.2. The van der Waals surface area contributed by atoms with Gasteiger partial charge >= 0.3 is 5.97 Å². The standard InChI is InChI=1S/C16H16BrNO2/c1-11-14(17)4-3-5-15(11)18-10-12-6-8-13(9-7-12)16(19)20-2/h3-9,18H,10H2,1-2H3. The molecule has 0 saturated heterocycles. The molecule has 20 heavy (non-hydrogen) atoms. The highest BCUT2D eigenvalue weighted by Gasteiger charge is 2.05. The quantitative estimate of drug-likeness (QED) is 0.854. The molecule has 0 spiro atoms. The van der Waals surface area contributed by atoms with Crippen molar-refractivity contribution in [2.24, 2.45) is 0 Å². The Morgan fingerprint density at radius 3 is 2.55 bits per heavy atom. The van der Waals surface area contributed by atoms with Gasteiger partial charge in [0.1, 0.15) is 0 Å². The second-order valence-corrected chi connectivity index (χ2v) is 5.31. The van der Waals surface area contributed by atoms with E-state index in [-0.39, 0.29) is 5.97 Å². The van der Waals surface area contributed by atoms with Crippen molar-refractivity contribution in [3.63, 3.8) is 0 Å². The van der Waals surface area contributed by atoms with Gasteiger partial charge in [0.25, 0.3) is 0 Å². The Bertz CT molecular complexity index is 608. The van der Waals surface area contributed by atoms with Crippen LogP contribution >= 0.6 is 15.9 Å². The van der Waals surface area contributed by atoms with Gasteiger partial charge < -0.3 is 10.1 Å². The Kier molecular flexibility index (Phi) is 4.79. The molecular weight excluding hydrogens is 318 g/mol. The fourth-order valence-electron chi connectivity index (χ4n) is 1.87. The van der Waals surface area contributed by atoms with Crippen LogP contribution in [0.5, 0.6) is 0 Å². The minimum Gasteiger partial charge on any atom is -0.465 e. The van der Waals surface area contributed by atoms with Gasteiger partial charge in [-0.2, -0.15) is 0 Å². The molecule has 2 aromatic carbocycles. The van der Waals surface area contributed by atoms with E-state index in [1.165, 1.54) is 12.7 Å². The van der Waals surface area contributed by atoms with Crippen LogP contribution in [0.4, 0.5) is 5.69 Å². The Morgan fingerprint density at radius 2 is 1.90 bits per heavy atom. The molecule has 104 valence electrons. The summed E-state index contributed by atoms with van der Waals surface area (Å²) in [6.45, 7) is 2.77. The number of benzene rings is 2. The lowest BCUT2D eigenvalue weighted by molar-refractivity contribution is 0.0600. The zero-order valence-electron chi connectivity index (χ0n) is 11.4. The van der Waals surface area contributed by atoms with E-state index < -0.39 is 0 Å². The van der Waals surface area contributed by atoms with Gasteiger partial charge in [-0.1, -0.05) is 34.1 Å². The number of carbonyl (C=O) groups is 1. The summed E-state index contributed by atoms with van der Waals surface area (Å²) in [7, 11) is 1.38. The van der Waals surface area contributed by atoms with Gasteiger partial charge in [0, 0.05) is 16.7 Å². The lowest BCUT2D eigenvalue weighted by Crippen LogP contribution is -2.03. The smallest absolute Gasteiger partial charge is 0.337 e. The van der Waals surface area contributed by atoms with Gasteiger partial charge in [0.2, 0.25) is 0 Å². The molecule has 0 bridgehead atoms. The molecule has 3 nitrogen and oxygen atoms in total. The molecule has 0 amide bonds. The molecular formula is C16H16BrNO2. The third kappa shape index (κ3) is 3.39. The summed E-state index contributed by atoms with van der Waals surface area (Å²) in [5.41, 5.74) is 3.95. The number of methoxy groups -OCH3 is 1. The fourth-order valence-corrected chi connectivity index (χ4v) is 2.24. The van der Waals surface area contributed by atoms with E-state index in [1.807, 2.05) is 30.3 Å². The monoisotopic (exact) mass is 333 g/mol. The van der Waals surface area contributed by atoms with Crippen molar-refractivity contribution in [2.45, 2.75) is 13.5 Å². The maximum absolute atomic E-state index is 11.3. The molecule has 0 aliphatic carbocycles. The van der Waals surface area contributed by atoms with E-state index in [4.69, 9.17) is 0 Å². The van der Waals surface area contributed by atoms with E-state index in [9.17, 15) is 4.79 Å². The van der Waals surface area contributed by atoms with E-state index >= 15 is 0 Å². The van der Waals surface area contributed by atoms with Gasteiger partial charge in [0.05, 0.1) is 12.7 Å². The average Bonchev–Trinajstić information content (AvgIpc) is 2.48. The van der Waals surface area contributed by atoms with Crippen LogP contribution in [-0.2, 0) is 11.3 Å². The summed E-state index contributed by atoms with van der Waals surface area (Å²) >= 11 is 3.51. The SMILES string of the molecule is COC(=O)c1ccc(CNc2cccc(Br)c2C)cc1. The van der Waals surface area contributed by atoms with Crippen molar-refractivity contribution < 1.29 is 9.53 Å². The lowest BCUT2D eigenvalue weighted by atomic mass is 10.1. The molecule has 2 rings (SSSR count). The highest BCUT2D eigenvalue weighted by molar-refractivity contribution is 9.10. The molecule has 0 atom stereocenters. The molecule has 1 N–H and O–H groups in total.